The third kappa shape index (κ3) is 14.5. The highest BCUT2D eigenvalue weighted by Crippen LogP contribution is 2.06. The molecule has 4 heteroatoms. The minimum Gasteiger partial charge on any atom is -0.481 e. The van der Waals surface area contributed by atoms with E-state index in [0.717, 1.165) is 19.3 Å². The molecule has 0 amide bonds. The number of methoxy groups -OCH3 is 1. The summed E-state index contributed by atoms with van der Waals surface area (Å²) in [7, 11) is 1.65. The van der Waals surface area contributed by atoms with E-state index >= 15 is 0 Å². The first-order valence-corrected chi connectivity index (χ1v) is 7.35. The van der Waals surface area contributed by atoms with Gasteiger partial charge in [0.25, 0.3) is 0 Å². The fraction of sp³-hybridized carbons (Fsp3) is 0.529. The van der Waals surface area contributed by atoms with E-state index in [1.165, 1.54) is 0 Å². The second-order valence-corrected chi connectivity index (χ2v) is 4.84. The second-order valence-electron chi connectivity index (χ2n) is 4.84. The topological polar surface area (TPSA) is 63.6 Å². The van der Waals surface area contributed by atoms with Crippen molar-refractivity contribution >= 4 is 11.8 Å². The van der Waals surface area contributed by atoms with Crippen LogP contribution in [-0.2, 0) is 14.3 Å². The van der Waals surface area contributed by atoms with E-state index in [0.29, 0.717) is 12.8 Å². The van der Waals surface area contributed by atoms with Crippen LogP contribution in [0.15, 0.2) is 36.5 Å². The Morgan fingerprint density at radius 1 is 1.00 bits per heavy atom. The zero-order valence-corrected chi connectivity index (χ0v) is 13.0. The van der Waals surface area contributed by atoms with Crippen LogP contribution in [0.25, 0.3) is 0 Å². The molecule has 21 heavy (non-hydrogen) atoms. The molecule has 0 fully saturated rings. The molecule has 0 radical (unpaired) electrons. The van der Waals surface area contributed by atoms with Gasteiger partial charge in [0, 0.05) is 20.0 Å². The Morgan fingerprint density at radius 3 is 2.24 bits per heavy atom. The normalized spacial score (nSPS) is 13.4. The van der Waals surface area contributed by atoms with Crippen LogP contribution in [0.2, 0.25) is 0 Å². The standard InChI is InChI=1S/C17H26O4/c1-15(21-2)11-7-3-4-8-12-16(18)13-9-5-6-10-14-17(19)20/h3-4,7-8,11-12,15H,5-6,9-10,13-14H2,1-2H3,(H,19,20). The zero-order chi connectivity index (χ0) is 15.9. The van der Waals surface area contributed by atoms with Gasteiger partial charge in [-0.1, -0.05) is 43.2 Å². The lowest BCUT2D eigenvalue weighted by Gasteiger charge is -1.99. The number of unbranched alkanes of at least 4 members (excludes halogenated alkanes) is 3. The molecule has 1 unspecified atom stereocenters. The Kier molecular flexibility index (Phi) is 12.2. The molecule has 118 valence electrons. The Morgan fingerprint density at radius 2 is 1.62 bits per heavy atom. The van der Waals surface area contributed by atoms with Crippen LogP contribution < -0.4 is 0 Å². The fourth-order valence-corrected chi connectivity index (χ4v) is 1.60. The molecule has 4 nitrogen and oxygen atoms in total. The number of hydrogen-bond acceptors (Lipinski definition) is 3. The van der Waals surface area contributed by atoms with E-state index in [2.05, 4.69) is 0 Å². The van der Waals surface area contributed by atoms with Gasteiger partial charge >= 0.3 is 5.97 Å². The molecule has 0 saturated carbocycles. The maximum atomic E-state index is 11.5. The average molecular weight is 294 g/mol. The first-order valence-electron chi connectivity index (χ1n) is 7.35. The van der Waals surface area contributed by atoms with Crippen molar-refractivity contribution in [3.8, 4) is 0 Å². The first kappa shape index (κ1) is 19.3. The minimum atomic E-state index is -0.755. The molecule has 0 aromatic rings. The van der Waals surface area contributed by atoms with Crippen molar-refractivity contribution < 1.29 is 19.4 Å². The molecular weight excluding hydrogens is 268 g/mol. The summed E-state index contributed by atoms with van der Waals surface area (Å²) in [4.78, 5) is 21.8. The van der Waals surface area contributed by atoms with Crippen molar-refractivity contribution in [2.75, 3.05) is 7.11 Å². The van der Waals surface area contributed by atoms with Crippen molar-refractivity contribution in [2.45, 2.75) is 51.6 Å². The second kappa shape index (κ2) is 13.3. The van der Waals surface area contributed by atoms with E-state index in [-0.39, 0.29) is 18.3 Å². The number of ether oxygens (including phenoxy) is 1. The quantitative estimate of drug-likeness (QED) is 0.339. The summed E-state index contributed by atoms with van der Waals surface area (Å²) in [6.07, 6.45) is 14.9. The maximum absolute atomic E-state index is 11.5. The summed E-state index contributed by atoms with van der Waals surface area (Å²) in [5.74, 6) is -0.651. The average Bonchev–Trinajstić information content (AvgIpc) is 2.45. The van der Waals surface area contributed by atoms with Crippen molar-refractivity contribution in [3.05, 3.63) is 36.5 Å². The number of allylic oxidation sites excluding steroid dienone is 5. The number of hydrogen-bond donors (Lipinski definition) is 1. The molecule has 0 aliphatic carbocycles. The summed E-state index contributed by atoms with van der Waals surface area (Å²) < 4.78 is 5.05. The molecule has 0 spiro atoms. The number of carboxylic acid groups (broad SMARTS) is 1. The molecule has 0 aliphatic rings. The minimum absolute atomic E-state index is 0.0846. The third-order valence-corrected chi connectivity index (χ3v) is 2.93. The number of aliphatic carboxylic acids is 1. The molecule has 0 saturated heterocycles. The Hall–Kier alpha value is -1.68. The molecular formula is C17H26O4. The summed E-state index contributed by atoms with van der Waals surface area (Å²) in [6.45, 7) is 1.94. The largest absolute Gasteiger partial charge is 0.481 e. The first-order chi connectivity index (χ1) is 10.1. The Balaban J connectivity index is 3.65. The molecule has 0 aromatic heterocycles. The van der Waals surface area contributed by atoms with E-state index in [4.69, 9.17) is 9.84 Å². The summed E-state index contributed by atoms with van der Waals surface area (Å²) in [6, 6.07) is 0. The number of ketones is 1. The van der Waals surface area contributed by atoms with Crippen molar-refractivity contribution in [1.29, 1.82) is 0 Å². The smallest absolute Gasteiger partial charge is 0.303 e. The highest BCUT2D eigenvalue weighted by molar-refractivity contribution is 5.89. The Labute approximate surface area is 127 Å². The van der Waals surface area contributed by atoms with Crippen LogP contribution in [-0.4, -0.2) is 30.1 Å². The van der Waals surface area contributed by atoms with Gasteiger partial charge in [-0.15, -0.1) is 0 Å². The van der Waals surface area contributed by atoms with Crippen LogP contribution in [0.1, 0.15) is 45.4 Å². The van der Waals surface area contributed by atoms with Gasteiger partial charge < -0.3 is 9.84 Å². The van der Waals surface area contributed by atoms with Crippen LogP contribution >= 0.6 is 0 Å². The monoisotopic (exact) mass is 294 g/mol. The molecule has 0 rings (SSSR count). The van der Waals surface area contributed by atoms with Crippen LogP contribution in [0.4, 0.5) is 0 Å². The van der Waals surface area contributed by atoms with Crippen LogP contribution in [0, 0.1) is 0 Å². The molecule has 0 heterocycles. The van der Waals surface area contributed by atoms with E-state index in [1.54, 1.807) is 19.3 Å². The fourth-order valence-electron chi connectivity index (χ4n) is 1.60. The number of carboxylic acids is 1. The van der Waals surface area contributed by atoms with E-state index < -0.39 is 5.97 Å². The lowest BCUT2D eigenvalue weighted by Crippen LogP contribution is -1.97. The third-order valence-electron chi connectivity index (χ3n) is 2.93. The predicted octanol–water partition coefficient (Wildman–Crippen LogP) is 3.68. The summed E-state index contributed by atoms with van der Waals surface area (Å²) in [5, 5.41) is 8.48. The lowest BCUT2D eigenvalue weighted by atomic mass is 10.1. The molecule has 1 N–H and O–H groups in total. The van der Waals surface area contributed by atoms with Crippen LogP contribution in [0.3, 0.4) is 0 Å². The van der Waals surface area contributed by atoms with Crippen molar-refractivity contribution in [3.63, 3.8) is 0 Å². The van der Waals surface area contributed by atoms with E-state index in [9.17, 15) is 9.59 Å². The van der Waals surface area contributed by atoms with Gasteiger partial charge in [0.1, 0.15) is 0 Å². The van der Waals surface area contributed by atoms with Gasteiger partial charge in [-0.2, -0.15) is 0 Å². The molecule has 0 aliphatic heterocycles. The van der Waals surface area contributed by atoms with Gasteiger partial charge in [-0.05, 0) is 25.8 Å². The van der Waals surface area contributed by atoms with Crippen LogP contribution in [0.5, 0.6) is 0 Å². The Bertz CT molecular complexity index is 380. The summed E-state index contributed by atoms with van der Waals surface area (Å²) >= 11 is 0. The van der Waals surface area contributed by atoms with Gasteiger partial charge in [0.2, 0.25) is 0 Å². The molecule has 0 aromatic carbocycles. The number of carbonyl (C=O) groups is 2. The van der Waals surface area contributed by atoms with Gasteiger partial charge in [-0.25, -0.2) is 0 Å². The van der Waals surface area contributed by atoms with Crippen molar-refractivity contribution in [1.82, 2.24) is 0 Å². The van der Waals surface area contributed by atoms with Gasteiger partial charge in [0.05, 0.1) is 6.10 Å². The van der Waals surface area contributed by atoms with Crippen molar-refractivity contribution in [2.24, 2.45) is 0 Å². The van der Waals surface area contributed by atoms with Gasteiger partial charge in [0.15, 0.2) is 5.78 Å². The molecule has 0 bridgehead atoms. The zero-order valence-electron chi connectivity index (χ0n) is 13.0. The molecule has 1 atom stereocenters. The maximum Gasteiger partial charge on any atom is 0.303 e. The highest BCUT2D eigenvalue weighted by atomic mass is 16.5. The summed E-state index contributed by atoms with van der Waals surface area (Å²) in [5.41, 5.74) is 0. The number of carbonyl (C=O) groups excluding carboxylic acids is 1. The van der Waals surface area contributed by atoms with Gasteiger partial charge in [-0.3, -0.25) is 9.59 Å². The number of rotatable bonds is 12. The SMILES string of the molecule is COC(C)C=CC=CC=CC(=O)CCCCCCC(=O)O. The lowest BCUT2D eigenvalue weighted by molar-refractivity contribution is -0.137. The predicted molar refractivity (Wildman–Crippen MR) is 84.2 cm³/mol. The highest BCUT2D eigenvalue weighted by Gasteiger charge is 1.98. The van der Waals surface area contributed by atoms with E-state index in [1.807, 2.05) is 31.2 Å².